The predicted octanol–water partition coefficient (Wildman–Crippen LogP) is 1.52. The van der Waals surface area contributed by atoms with Gasteiger partial charge in [-0.2, -0.15) is 0 Å². The molecule has 1 saturated heterocycles. The molecule has 2 rings (SSSR count). The summed E-state index contributed by atoms with van der Waals surface area (Å²) >= 11 is 0. The van der Waals surface area contributed by atoms with E-state index in [9.17, 15) is 0 Å². The molecule has 3 nitrogen and oxygen atoms in total. The third kappa shape index (κ3) is 4.08. The van der Waals surface area contributed by atoms with Gasteiger partial charge >= 0.3 is 0 Å². The topological polar surface area (TPSA) is 32.5 Å². The SMILES string of the molecule is CN1CCCC(N(C)Cc2ccccc2C#CCN)C1. The summed E-state index contributed by atoms with van der Waals surface area (Å²) in [6.45, 7) is 3.75. The normalized spacial score (nSPS) is 19.7. The van der Waals surface area contributed by atoms with Crippen LogP contribution in [-0.4, -0.2) is 49.6 Å². The number of likely N-dealkylation sites (tertiary alicyclic amines) is 1. The molecule has 0 aliphatic carbocycles. The maximum absolute atomic E-state index is 5.47. The van der Waals surface area contributed by atoms with E-state index < -0.39 is 0 Å². The summed E-state index contributed by atoms with van der Waals surface area (Å²) < 4.78 is 0. The number of likely N-dealkylation sites (N-methyl/N-ethyl adjacent to an activating group) is 2. The average molecular weight is 271 g/mol. The first kappa shape index (κ1) is 15.1. The van der Waals surface area contributed by atoms with Crippen LogP contribution < -0.4 is 5.73 Å². The molecule has 0 radical (unpaired) electrons. The fraction of sp³-hybridized carbons (Fsp3) is 0.529. The predicted molar refractivity (Wildman–Crippen MR) is 84.4 cm³/mol. The first-order valence-electron chi connectivity index (χ1n) is 7.36. The summed E-state index contributed by atoms with van der Waals surface area (Å²) in [6.07, 6.45) is 2.58. The second-order valence-electron chi connectivity index (χ2n) is 5.64. The van der Waals surface area contributed by atoms with Crippen molar-refractivity contribution in [3.63, 3.8) is 0 Å². The molecule has 1 aliphatic rings. The van der Waals surface area contributed by atoms with E-state index in [1.165, 1.54) is 24.9 Å². The highest BCUT2D eigenvalue weighted by Crippen LogP contribution is 2.17. The Bertz CT molecular complexity index is 486. The molecule has 1 aromatic rings. The summed E-state index contributed by atoms with van der Waals surface area (Å²) in [7, 11) is 4.43. The molecule has 1 aromatic carbocycles. The quantitative estimate of drug-likeness (QED) is 0.846. The molecule has 0 aromatic heterocycles. The molecule has 3 heteroatoms. The highest BCUT2D eigenvalue weighted by atomic mass is 15.2. The first-order chi connectivity index (χ1) is 9.70. The molecule has 0 amide bonds. The van der Waals surface area contributed by atoms with Gasteiger partial charge in [0.2, 0.25) is 0 Å². The van der Waals surface area contributed by atoms with E-state index in [1.807, 2.05) is 6.07 Å². The molecule has 0 bridgehead atoms. The van der Waals surface area contributed by atoms with Gasteiger partial charge in [-0.1, -0.05) is 30.0 Å². The smallest absolute Gasteiger partial charge is 0.0555 e. The van der Waals surface area contributed by atoms with Crippen LogP contribution in [0, 0.1) is 11.8 Å². The largest absolute Gasteiger partial charge is 0.320 e. The van der Waals surface area contributed by atoms with Crippen molar-refractivity contribution in [1.82, 2.24) is 9.80 Å². The zero-order chi connectivity index (χ0) is 14.4. The molecule has 1 unspecified atom stereocenters. The molecule has 1 heterocycles. The van der Waals surface area contributed by atoms with Gasteiger partial charge in [0, 0.05) is 24.7 Å². The van der Waals surface area contributed by atoms with E-state index in [4.69, 9.17) is 5.73 Å². The highest BCUT2D eigenvalue weighted by molar-refractivity contribution is 5.41. The Morgan fingerprint density at radius 1 is 1.40 bits per heavy atom. The number of benzene rings is 1. The van der Waals surface area contributed by atoms with Gasteiger partial charge in [-0.05, 0) is 45.1 Å². The van der Waals surface area contributed by atoms with Gasteiger partial charge in [-0.15, -0.1) is 0 Å². The second kappa shape index (κ2) is 7.44. The van der Waals surface area contributed by atoms with E-state index in [0.717, 1.165) is 18.7 Å². The van der Waals surface area contributed by atoms with Crippen LogP contribution in [0.3, 0.4) is 0 Å². The zero-order valence-corrected chi connectivity index (χ0v) is 12.6. The van der Waals surface area contributed by atoms with Crippen molar-refractivity contribution in [2.45, 2.75) is 25.4 Å². The Labute approximate surface area is 122 Å². The Hall–Kier alpha value is -1.34. The molecular weight excluding hydrogens is 246 g/mol. The second-order valence-corrected chi connectivity index (χ2v) is 5.64. The lowest BCUT2D eigenvalue weighted by atomic mass is 10.0. The Balaban J connectivity index is 2.05. The maximum Gasteiger partial charge on any atom is 0.0555 e. The lowest BCUT2D eigenvalue weighted by molar-refractivity contribution is 0.129. The summed E-state index contributed by atoms with van der Waals surface area (Å²) in [5, 5.41) is 0. The average Bonchev–Trinajstić information content (AvgIpc) is 2.46. The van der Waals surface area contributed by atoms with Crippen LogP contribution in [0.2, 0.25) is 0 Å². The fourth-order valence-electron chi connectivity index (χ4n) is 2.82. The van der Waals surface area contributed by atoms with Crippen molar-refractivity contribution in [3.8, 4) is 11.8 Å². The lowest BCUT2D eigenvalue weighted by Crippen LogP contribution is -2.44. The zero-order valence-electron chi connectivity index (χ0n) is 12.6. The molecule has 1 atom stereocenters. The van der Waals surface area contributed by atoms with Gasteiger partial charge in [-0.25, -0.2) is 0 Å². The standard InChI is InChI=1S/C17H25N3/c1-19-12-6-10-17(14-19)20(2)13-16-8-4-3-7-15(16)9-5-11-18/h3-4,7-8,17H,6,10-14,18H2,1-2H3. The summed E-state index contributed by atoms with van der Waals surface area (Å²) in [5.41, 5.74) is 7.87. The molecular formula is C17H25N3. The monoisotopic (exact) mass is 271 g/mol. The van der Waals surface area contributed by atoms with Crippen molar-refractivity contribution in [2.75, 3.05) is 33.7 Å². The minimum Gasteiger partial charge on any atom is -0.320 e. The molecule has 108 valence electrons. The van der Waals surface area contributed by atoms with Crippen molar-refractivity contribution < 1.29 is 0 Å². The van der Waals surface area contributed by atoms with Gasteiger partial charge in [0.05, 0.1) is 6.54 Å². The molecule has 2 N–H and O–H groups in total. The van der Waals surface area contributed by atoms with Crippen molar-refractivity contribution in [1.29, 1.82) is 0 Å². The van der Waals surface area contributed by atoms with Crippen LogP contribution in [0.4, 0.5) is 0 Å². The Morgan fingerprint density at radius 3 is 2.95 bits per heavy atom. The van der Waals surface area contributed by atoms with Gasteiger partial charge in [-0.3, -0.25) is 4.90 Å². The number of nitrogens with zero attached hydrogens (tertiary/aromatic N) is 2. The first-order valence-corrected chi connectivity index (χ1v) is 7.36. The van der Waals surface area contributed by atoms with E-state index >= 15 is 0 Å². The fourth-order valence-corrected chi connectivity index (χ4v) is 2.82. The third-order valence-corrected chi connectivity index (χ3v) is 3.99. The minimum atomic E-state index is 0.414. The molecule has 0 saturated carbocycles. The van der Waals surface area contributed by atoms with Crippen LogP contribution in [0.25, 0.3) is 0 Å². The van der Waals surface area contributed by atoms with E-state index in [0.29, 0.717) is 12.6 Å². The molecule has 1 aliphatic heterocycles. The van der Waals surface area contributed by atoms with Crippen molar-refractivity contribution in [2.24, 2.45) is 5.73 Å². The van der Waals surface area contributed by atoms with E-state index in [1.54, 1.807) is 0 Å². The number of hydrogen-bond donors (Lipinski definition) is 1. The maximum atomic E-state index is 5.47. The van der Waals surface area contributed by atoms with Gasteiger partial charge < -0.3 is 10.6 Å². The molecule has 20 heavy (non-hydrogen) atoms. The number of piperidine rings is 1. The number of rotatable bonds is 3. The lowest BCUT2D eigenvalue weighted by Gasteiger charge is -2.36. The summed E-state index contributed by atoms with van der Waals surface area (Å²) in [6, 6.07) is 9.02. The third-order valence-electron chi connectivity index (χ3n) is 3.99. The molecule has 1 fully saturated rings. The number of nitrogens with two attached hydrogens (primary N) is 1. The van der Waals surface area contributed by atoms with Crippen LogP contribution in [0.1, 0.15) is 24.0 Å². The Kier molecular flexibility index (Phi) is 5.60. The summed E-state index contributed by atoms with van der Waals surface area (Å²) in [5.74, 6) is 6.13. The molecule has 0 spiro atoms. The van der Waals surface area contributed by atoms with Gasteiger partial charge in [0.15, 0.2) is 0 Å². The van der Waals surface area contributed by atoms with E-state index in [2.05, 4.69) is 53.9 Å². The van der Waals surface area contributed by atoms with Crippen LogP contribution in [0.5, 0.6) is 0 Å². The van der Waals surface area contributed by atoms with Crippen LogP contribution >= 0.6 is 0 Å². The Morgan fingerprint density at radius 2 is 2.20 bits per heavy atom. The van der Waals surface area contributed by atoms with Gasteiger partial charge in [0.1, 0.15) is 0 Å². The summed E-state index contributed by atoms with van der Waals surface area (Å²) in [4.78, 5) is 4.88. The van der Waals surface area contributed by atoms with Crippen molar-refractivity contribution in [3.05, 3.63) is 35.4 Å². The van der Waals surface area contributed by atoms with Crippen LogP contribution in [0.15, 0.2) is 24.3 Å². The number of hydrogen-bond acceptors (Lipinski definition) is 3. The van der Waals surface area contributed by atoms with Crippen molar-refractivity contribution >= 4 is 0 Å². The highest BCUT2D eigenvalue weighted by Gasteiger charge is 2.21. The van der Waals surface area contributed by atoms with E-state index in [-0.39, 0.29) is 0 Å². The minimum absolute atomic E-state index is 0.414. The van der Waals surface area contributed by atoms with Gasteiger partial charge in [0.25, 0.3) is 0 Å². The van der Waals surface area contributed by atoms with Crippen LogP contribution in [-0.2, 0) is 6.54 Å².